The topological polar surface area (TPSA) is 72.7 Å². The smallest absolute Gasteiger partial charge is 0.139 e. The Hall–Kier alpha value is -1.88. The predicted molar refractivity (Wildman–Crippen MR) is 81.7 cm³/mol. The molecule has 0 aliphatic heterocycles. The lowest BCUT2D eigenvalue weighted by atomic mass is 10.0. The molecule has 0 aliphatic rings. The van der Waals surface area contributed by atoms with Crippen molar-refractivity contribution < 1.29 is 15.3 Å². The van der Waals surface area contributed by atoms with E-state index in [1.807, 2.05) is 12.1 Å². The fourth-order valence-corrected chi connectivity index (χ4v) is 2.15. The van der Waals surface area contributed by atoms with Crippen molar-refractivity contribution in [1.29, 1.82) is 0 Å². The molecule has 0 amide bonds. The lowest BCUT2D eigenvalue weighted by molar-refractivity contribution is 0.0206. The Morgan fingerprint density at radius 3 is 2.10 bits per heavy atom. The zero-order valence-corrected chi connectivity index (χ0v) is 12.1. The zero-order valence-electron chi connectivity index (χ0n) is 12.1. The van der Waals surface area contributed by atoms with Crippen LogP contribution in [-0.2, 0) is 18.8 Å². The first kappa shape index (κ1) is 15.5. The normalized spacial score (nSPS) is 13.9. The maximum atomic E-state index is 10.5. The van der Waals surface area contributed by atoms with Gasteiger partial charge in [-0.05, 0) is 42.2 Å². The van der Waals surface area contributed by atoms with Gasteiger partial charge in [0.15, 0.2) is 0 Å². The number of aliphatic hydroxyl groups excluding tert-OH is 1. The Morgan fingerprint density at radius 2 is 1.52 bits per heavy atom. The fraction of sp³-hybridized carbons (Fsp3) is 0.294. The van der Waals surface area contributed by atoms with Crippen LogP contribution in [0.25, 0.3) is 0 Å². The standard InChI is InChI=1S/C17H21NO3/c1-17(21,15-6-2-14(12-19)3-7-15)18-11-10-13-4-8-16(20)9-5-13/h2-9,18-21H,10-12H2,1H3. The van der Waals surface area contributed by atoms with Gasteiger partial charge in [-0.25, -0.2) is 0 Å². The quantitative estimate of drug-likeness (QED) is 0.612. The average Bonchev–Trinajstić information content (AvgIpc) is 2.49. The molecule has 1 atom stereocenters. The molecule has 0 fully saturated rings. The summed E-state index contributed by atoms with van der Waals surface area (Å²) in [4.78, 5) is 0. The number of phenolic OH excluding ortho intramolecular Hbond substituents is 1. The summed E-state index contributed by atoms with van der Waals surface area (Å²) in [6.45, 7) is 2.31. The Balaban J connectivity index is 1.92. The van der Waals surface area contributed by atoms with Crippen LogP contribution in [0.1, 0.15) is 23.6 Å². The number of benzene rings is 2. The van der Waals surface area contributed by atoms with Crippen molar-refractivity contribution in [3.8, 4) is 5.75 Å². The SMILES string of the molecule is CC(O)(NCCc1ccc(O)cc1)c1ccc(CO)cc1. The van der Waals surface area contributed by atoms with Gasteiger partial charge in [-0.3, -0.25) is 5.32 Å². The molecule has 0 bridgehead atoms. The minimum absolute atomic E-state index is 0.00327. The summed E-state index contributed by atoms with van der Waals surface area (Å²) in [5.41, 5.74) is 1.54. The van der Waals surface area contributed by atoms with Crippen LogP contribution >= 0.6 is 0 Å². The number of aliphatic hydroxyl groups is 2. The number of phenols is 1. The molecule has 0 saturated carbocycles. The molecule has 0 saturated heterocycles. The molecule has 0 radical (unpaired) electrons. The van der Waals surface area contributed by atoms with E-state index in [2.05, 4.69) is 5.32 Å². The molecule has 4 N–H and O–H groups in total. The highest BCUT2D eigenvalue weighted by Gasteiger charge is 2.21. The lowest BCUT2D eigenvalue weighted by Crippen LogP contribution is -2.40. The number of aromatic hydroxyl groups is 1. The van der Waals surface area contributed by atoms with E-state index in [1.54, 1.807) is 43.3 Å². The molecule has 0 aliphatic carbocycles. The largest absolute Gasteiger partial charge is 0.508 e. The Kier molecular flexibility index (Phi) is 4.96. The van der Waals surface area contributed by atoms with Crippen LogP contribution in [0.4, 0.5) is 0 Å². The highest BCUT2D eigenvalue weighted by molar-refractivity contribution is 5.27. The average molecular weight is 287 g/mol. The maximum Gasteiger partial charge on any atom is 0.139 e. The zero-order chi connectivity index (χ0) is 15.3. The van der Waals surface area contributed by atoms with Crippen LogP contribution in [0.3, 0.4) is 0 Å². The van der Waals surface area contributed by atoms with Gasteiger partial charge in [0.05, 0.1) is 6.61 Å². The first-order chi connectivity index (χ1) is 10.0. The van der Waals surface area contributed by atoms with E-state index >= 15 is 0 Å². The molecule has 1 unspecified atom stereocenters. The van der Waals surface area contributed by atoms with Gasteiger partial charge in [0.1, 0.15) is 11.5 Å². The second-order valence-corrected chi connectivity index (χ2v) is 5.27. The Labute approximate surface area is 124 Å². The van der Waals surface area contributed by atoms with Gasteiger partial charge in [-0.15, -0.1) is 0 Å². The van der Waals surface area contributed by atoms with Crippen molar-refractivity contribution in [2.75, 3.05) is 6.54 Å². The third-order valence-corrected chi connectivity index (χ3v) is 3.52. The Bertz CT molecular complexity index is 562. The van der Waals surface area contributed by atoms with Gasteiger partial charge in [-0.2, -0.15) is 0 Å². The van der Waals surface area contributed by atoms with Crippen molar-refractivity contribution in [2.24, 2.45) is 0 Å². The van der Waals surface area contributed by atoms with Crippen molar-refractivity contribution in [3.63, 3.8) is 0 Å². The fourth-order valence-electron chi connectivity index (χ4n) is 2.15. The van der Waals surface area contributed by atoms with E-state index in [4.69, 9.17) is 5.11 Å². The van der Waals surface area contributed by atoms with Crippen LogP contribution < -0.4 is 5.32 Å². The molecule has 2 aromatic carbocycles. The third-order valence-electron chi connectivity index (χ3n) is 3.52. The van der Waals surface area contributed by atoms with Crippen LogP contribution in [-0.4, -0.2) is 21.9 Å². The molecule has 4 nitrogen and oxygen atoms in total. The van der Waals surface area contributed by atoms with E-state index in [-0.39, 0.29) is 12.4 Å². The number of hydrogen-bond donors (Lipinski definition) is 4. The summed E-state index contributed by atoms with van der Waals surface area (Å²) in [6.07, 6.45) is 0.755. The van der Waals surface area contributed by atoms with Gasteiger partial charge >= 0.3 is 0 Å². The van der Waals surface area contributed by atoms with Crippen LogP contribution in [0.5, 0.6) is 5.75 Å². The Morgan fingerprint density at radius 1 is 0.952 bits per heavy atom. The van der Waals surface area contributed by atoms with E-state index in [9.17, 15) is 10.2 Å². The van der Waals surface area contributed by atoms with E-state index in [0.717, 1.165) is 23.1 Å². The highest BCUT2D eigenvalue weighted by atomic mass is 16.3. The number of hydrogen-bond acceptors (Lipinski definition) is 4. The van der Waals surface area contributed by atoms with Crippen LogP contribution in [0.2, 0.25) is 0 Å². The first-order valence-corrected chi connectivity index (χ1v) is 6.97. The molecule has 2 rings (SSSR count). The van der Waals surface area contributed by atoms with E-state index in [1.165, 1.54) is 0 Å². The highest BCUT2D eigenvalue weighted by Crippen LogP contribution is 2.18. The molecule has 112 valence electrons. The number of nitrogens with one attached hydrogen (secondary N) is 1. The van der Waals surface area contributed by atoms with Crippen LogP contribution in [0.15, 0.2) is 48.5 Å². The molecular formula is C17H21NO3. The second-order valence-electron chi connectivity index (χ2n) is 5.27. The summed E-state index contributed by atoms with van der Waals surface area (Å²) in [5.74, 6) is 0.252. The van der Waals surface area contributed by atoms with Gasteiger partial charge in [-0.1, -0.05) is 36.4 Å². The maximum absolute atomic E-state index is 10.5. The van der Waals surface area contributed by atoms with Gasteiger partial charge in [0.25, 0.3) is 0 Å². The molecule has 21 heavy (non-hydrogen) atoms. The molecule has 2 aromatic rings. The summed E-state index contributed by atoms with van der Waals surface area (Å²) >= 11 is 0. The van der Waals surface area contributed by atoms with Gasteiger partial charge < -0.3 is 15.3 Å². The second kappa shape index (κ2) is 6.72. The van der Waals surface area contributed by atoms with E-state index < -0.39 is 5.72 Å². The molecular weight excluding hydrogens is 266 g/mol. The van der Waals surface area contributed by atoms with Crippen LogP contribution in [0, 0.1) is 0 Å². The monoisotopic (exact) mass is 287 g/mol. The minimum atomic E-state index is -1.12. The molecule has 4 heteroatoms. The van der Waals surface area contributed by atoms with E-state index in [0.29, 0.717) is 6.54 Å². The predicted octanol–water partition coefficient (Wildman–Crippen LogP) is 1.88. The summed E-state index contributed by atoms with van der Waals surface area (Å²) < 4.78 is 0. The van der Waals surface area contributed by atoms with Crippen molar-refractivity contribution >= 4 is 0 Å². The van der Waals surface area contributed by atoms with Crippen molar-refractivity contribution in [1.82, 2.24) is 5.32 Å². The first-order valence-electron chi connectivity index (χ1n) is 6.97. The minimum Gasteiger partial charge on any atom is -0.508 e. The third kappa shape index (κ3) is 4.29. The molecule has 0 heterocycles. The van der Waals surface area contributed by atoms with Crippen molar-refractivity contribution in [3.05, 3.63) is 65.2 Å². The number of rotatable bonds is 6. The summed E-state index contributed by atoms with van der Waals surface area (Å²) in [5, 5.41) is 31.8. The molecule has 0 spiro atoms. The van der Waals surface area contributed by atoms with Crippen molar-refractivity contribution in [2.45, 2.75) is 25.7 Å². The lowest BCUT2D eigenvalue weighted by Gasteiger charge is -2.25. The van der Waals surface area contributed by atoms with Gasteiger partial charge in [0.2, 0.25) is 0 Å². The van der Waals surface area contributed by atoms with Gasteiger partial charge in [0, 0.05) is 6.54 Å². The summed E-state index contributed by atoms with van der Waals surface area (Å²) in [6, 6.07) is 14.2. The molecule has 0 aromatic heterocycles. The summed E-state index contributed by atoms with van der Waals surface area (Å²) in [7, 11) is 0.